The van der Waals surface area contributed by atoms with Crippen molar-refractivity contribution in [2.24, 2.45) is 0 Å². The summed E-state index contributed by atoms with van der Waals surface area (Å²) in [6.07, 6.45) is 7.05. The standard InChI is InChI=1S/C21H23N5O3S/c27-18(22-11-17-23-24-21(30)25(17)14-7-8-14)12-6-9-15-16(10-12)20(29)26(19(15)28)13-4-2-1-3-5-13/h6,9-10,13-14H,1-5,7-8,11H2,(H,22,27)(H,24,30). The molecule has 9 heteroatoms. The minimum absolute atomic E-state index is 0.0337. The van der Waals surface area contributed by atoms with Gasteiger partial charge in [0, 0.05) is 17.6 Å². The van der Waals surface area contributed by atoms with Crippen LogP contribution < -0.4 is 5.32 Å². The Hall–Kier alpha value is -2.81. The number of benzene rings is 1. The van der Waals surface area contributed by atoms with E-state index >= 15 is 0 Å². The number of nitrogens with one attached hydrogen (secondary N) is 2. The maximum atomic E-state index is 12.9. The van der Waals surface area contributed by atoms with Crippen LogP contribution in [0.3, 0.4) is 0 Å². The second-order valence-electron chi connectivity index (χ2n) is 8.26. The van der Waals surface area contributed by atoms with Crippen molar-refractivity contribution >= 4 is 29.9 Å². The van der Waals surface area contributed by atoms with E-state index < -0.39 is 0 Å². The maximum absolute atomic E-state index is 12.9. The van der Waals surface area contributed by atoms with Gasteiger partial charge in [-0.2, -0.15) is 5.10 Å². The van der Waals surface area contributed by atoms with Crippen molar-refractivity contribution in [3.05, 3.63) is 45.5 Å². The van der Waals surface area contributed by atoms with Crippen molar-refractivity contribution in [3.8, 4) is 0 Å². The average Bonchev–Trinajstić information content (AvgIpc) is 3.48. The Labute approximate surface area is 178 Å². The lowest BCUT2D eigenvalue weighted by Crippen LogP contribution is -2.40. The molecule has 0 saturated heterocycles. The van der Waals surface area contributed by atoms with Crippen molar-refractivity contribution in [1.29, 1.82) is 0 Å². The second-order valence-corrected chi connectivity index (χ2v) is 8.65. The van der Waals surface area contributed by atoms with Gasteiger partial charge in [0.1, 0.15) is 0 Å². The van der Waals surface area contributed by atoms with Crippen molar-refractivity contribution in [2.45, 2.75) is 63.6 Å². The van der Waals surface area contributed by atoms with E-state index in [0.29, 0.717) is 33.3 Å². The summed E-state index contributed by atoms with van der Waals surface area (Å²) >= 11 is 5.26. The van der Waals surface area contributed by atoms with Gasteiger partial charge in [-0.1, -0.05) is 19.3 Å². The Morgan fingerprint density at radius 2 is 1.80 bits per heavy atom. The van der Waals surface area contributed by atoms with Gasteiger partial charge in [-0.3, -0.25) is 28.9 Å². The van der Waals surface area contributed by atoms with Gasteiger partial charge >= 0.3 is 0 Å². The molecule has 1 aromatic carbocycles. The molecule has 2 heterocycles. The number of amides is 3. The first kappa shape index (κ1) is 19.2. The Morgan fingerprint density at radius 1 is 1.07 bits per heavy atom. The molecule has 0 bridgehead atoms. The SMILES string of the molecule is O=C(NCc1n[nH]c(=S)n1C1CC1)c1ccc2c(c1)C(=O)N(C1CCCCC1)C2=O. The Bertz CT molecular complexity index is 1090. The summed E-state index contributed by atoms with van der Waals surface area (Å²) in [5.41, 5.74) is 1.06. The van der Waals surface area contributed by atoms with E-state index in [1.165, 1.54) is 11.0 Å². The number of rotatable bonds is 5. The number of imide groups is 1. The topological polar surface area (TPSA) is 100 Å². The summed E-state index contributed by atoms with van der Waals surface area (Å²) in [4.78, 5) is 39.8. The monoisotopic (exact) mass is 425 g/mol. The molecule has 0 atom stereocenters. The third-order valence-corrected chi connectivity index (χ3v) is 6.50. The molecular weight excluding hydrogens is 402 g/mol. The molecule has 2 aromatic rings. The first-order valence-electron chi connectivity index (χ1n) is 10.5. The fourth-order valence-corrected chi connectivity index (χ4v) is 4.80. The average molecular weight is 426 g/mol. The number of H-pyrrole nitrogens is 1. The summed E-state index contributed by atoms with van der Waals surface area (Å²) in [5, 5.41) is 9.83. The van der Waals surface area contributed by atoms with Gasteiger partial charge in [-0.15, -0.1) is 0 Å². The molecule has 2 aliphatic carbocycles. The minimum atomic E-state index is -0.314. The lowest BCUT2D eigenvalue weighted by Gasteiger charge is -2.29. The maximum Gasteiger partial charge on any atom is 0.261 e. The van der Waals surface area contributed by atoms with Gasteiger partial charge in [-0.25, -0.2) is 0 Å². The zero-order valence-corrected chi connectivity index (χ0v) is 17.3. The first-order chi connectivity index (χ1) is 14.5. The smallest absolute Gasteiger partial charge is 0.261 e. The van der Waals surface area contributed by atoms with Crippen molar-refractivity contribution < 1.29 is 14.4 Å². The molecule has 1 aromatic heterocycles. The fourth-order valence-electron chi connectivity index (χ4n) is 4.50. The number of aromatic amines is 1. The zero-order chi connectivity index (χ0) is 20.8. The molecule has 156 valence electrons. The van der Waals surface area contributed by atoms with Gasteiger partial charge in [-0.05, 0) is 56.1 Å². The molecule has 2 N–H and O–H groups in total. The van der Waals surface area contributed by atoms with Crippen LogP contribution in [0.2, 0.25) is 0 Å². The molecule has 0 unspecified atom stereocenters. The lowest BCUT2D eigenvalue weighted by atomic mass is 9.94. The van der Waals surface area contributed by atoms with Crippen LogP contribution >= 0.6 is 12.2 Å². The van der Waals surface area contributed by atoms with Gasteiger partial charge in [0.15, 0.2) is 10.6 Å². The normalized spacial score (nSPS) is 19.3. The second kappa shape index (κ2) is 7.46. The number of aromatic nitrogens is 3. The van der Waals surface area contributed by atoms with Crippen LogP contribution in [0.25, 0.3) is 0 Å². The van der Waals surface area contributed by atoms with E-state index in [2.05, 4.69) is 15.5 Å². The number of hydrogen-bond acceptors (Lipinski definition) is 5. The summed E-state index contributed by atoms with van der Waals surface area (Å²) in [5.74, 6) is -0.155. The highest BCUT2D eigenvalue weighted by Crippen LogP contribution is 2.35. The fraction of sp³-hybridized carbons (Fsp3) is 0.476. The third-order valence-electron chi connectivity index (χ3n) is 6.22. The highest BCUT2D eigenvalue weighted by atomic mass is 32.1. The van der Waals surface area contributed by atoms with Gasteiger partial charge < -0.3 is 5.32 Å². The number of fused-ring (bicyclic) bond motifs is 1. The largest absolute Gasteiger partial charge is 0.345 e. The molecule has 30 heavy (non-hydrogen) atoms. The molecule has 5 rings (SSSR count). The number of carbonyl (C=O) groups excluding carboxylic acids is 3. The molecular formula is C21H23N5O3S. The number of nitrogens with zero attached hydrogens (tertiary/aromatic N) is 3. The van der Waals surface area contributed by atoms with E-state index in [1.54, 1.807) is 12.1 Å². The molecule has 2 fully saturated rings. The van der Waals surface area contributed by atoms with Crippen LogP contribution in [0.5, 0.6) is 0 Å². The van der Waals surface area contributed by atoms with Crippen LogP contribution in [0.4, 0.5) is 0 Å². The van der Waals surface area contributed by atoms with E-state index in [9.17, 15) is 14.4 Å². The molecule has 0 spiro atoms. The van der Waals surface area contributed by atoms with Crippen molar-refractivity contribution in [1.82, 2.24) is 25.0 Å². The number of hydrogen-bond donors (Lipinski definition) is 2. The molecule has 3 amide bonds. The Balaban J connectivity index is 1.32. The van der Waals surface area contributed by atoms with E-state index in [0.717, 1.165) is 44.9 Å². The Kier molecular flexibility index (Phi) is 4.77. The van der Waals surface area contributed by atoms with Crippen LogP contribution in [-0.4, -0.2) is 43.4 Å². The molecule has 3 aliphatic rings. The first-order valence-corrected chi connectivity index (χ1v) is 10.9. The van der Waals surface area contributed by atoms with E-state index in [1.807, 2.05) is 4.57 Å². The third kappa shape index (κ3) is 3.27. The van der Waals surface area contributed by atoms with Crippen LogP contribution in [0.1, 0.15) is 87.9 Å². The predicted molar refractivity (Wildman–Crippen MR) is 111 cm³/mol. The summed E-state index contributed by atoms with van der Waals surface area (Å²) in [7, 11) is 0. The summed E-state index contributed by atoms with van der Waals surface area (Å²) in [6.45, 7) is 0.237. The molecule has 2 saturated carbocycles. The highest BCUT2D eigenvalue weighted by molar-refractivity contribution is 7.71. The molecule has 1 aliphatic heterocycles. The zero-order valence-electron chi connectivity index (χ0n) is 16.5. The van der Waals surface area contributed by atoms with Crippen LogP contribution in [0, 0.1) is 4.77 Å². The molecule has 8 nitrogen and oxygen atoms in total. The highest BCUT2D eigenvalue weighted by Gasteiger charge is 2.40. The minimum Gasteiger partial charge on any atom is -0.345 e. The van der Waals surface area contributed by atoms with Crippen molar-refractivity contribution in [3.63, 3.8) is 0 Å². The van der Waals surface area contributed by atoms with Crippen LogP contribution in [-0.2, 0) is 6.54 Å². The van der Waals surface area contributed by atoms with Gasteiger partial charge in [0.05, 0.1) is 17.7 Å². The molecule has 0 radical (unpaired) electrons. The van der Waals surface area contributed by atoms with E-state index in [4.69, 9.17) is 12.2 Å². The quantitative estimate of drug-likeness (QED) is 0.566. The van der Waals surface area contributed by atoms with Gasteiger partial charge in [0.2, 0.25) is 0 Å². The lowest BCUT2D eigenvalue weighted by molar-refractivity contribution is 0.0549. The van der Waals surface area contributed by atoms with E-state index in [-0.39, 0.29) is 30.3 Å². The summed E-state index contributed by atoms with van der Waals surface area (Å²) in [6, 6.07) is 5.05. The van der Waals surface area contributed by atoms with Crippen LogP contribution in [0.15, 0.2) is 18.2 Å². The van der Waals surface area contributed by atoms with Gasteiger partial charge in [0.25, 0.3) is 17.7 Å². The summed E-state index contributed by atoms with van der Waals surface area (Å²) < 4.78 is 2.51. The van der Waals surface area contributed by atoms with Crippen molar-refractivity contribution in [2.75, 3.05) is 0 Å². The predicted octanol–water partition coefficient (Wildman–Crippen LogP) is 3.13. The number of carbonyl (C=O) groups is 3. The Morgan fingerprint density at radius 3 is 2.53 bits per heavy atom.